The molecule has 20 heavy (non-hydrogen) atoms. The highest BCUT2D eigenvalue weighted by Crippen LogP contribution is 2.60. The Bertz CT molecular complexity index is 420. The number of carbonyl (C=O) groups is 1. The van der Waals surface area contributed by atoms with Gasteiger partial charge in [0.25, 0.3) is 0 Å². The second kappa shape index (κ2) is 6.18. The van der Waals surface area contributed by atoms with Gasteiger partial charge in [-0.1, -0.05) is 19.3 Å². The Balaban J connectivity index is 2.16. The van der Waals surface area contributed by atoms with Crippen molar-refractivity contribution < 1.29 is 14.6 Å². The first-order chi connectivity index (χ1) is 9.60. The predicted octanol–water partition coefficient (Wildman–Crippen LogP) is 3.05. The summed E-state index contributed by atoms with van der Waals surface area (Å²) in [6, 6.07) is 0. The van der Waals surface area contributed by atoms with Crippen molar-refractivity contribution >= 4 is 5.97 Å². The summed E-state index contributed by atoms with van der Waals surface area (Å²) in [7, 11) is 0. The summed E-state index contributed by atoms with van der Waals surface area (Å²) in [4.78, 5) is 12.3. The number of aliphatic hydroxyl groups is 1. The Labute approximate surface area is 122 Å². The molecule has 2 aliphatic carbocycles. The third-order valence-electron chi connectivity index (χ3n) is 5.02. The molecule has 0 unspecified atom stereocenters. The van der Waals surface area contributed by atoms with Gasteiger partial charge in [0.05, 0.1) is 23.5 Å². The van der Waals surface area contributed by atoms with Gasteiger partial charge in [-0.05, 0) is 45.4 Å². The fraction of sp³-hybridized carbons (Fsp3) is 0.824. The van der Waals surface area contributed by atoms with E-state index in [4.69, 9.17) is 4.74 Å². The normalized spacial score (nSPS) is 35.2. The summed E-state index contributed by atoms with van der Waals surface area (Å²) in [6.07, 6.45) is 6.97. The van der Waals surface area contributed by atoms with Gasteiger partial charge in [0.15, 0.2) is 0 Å². The van der Waals surface area contributed by atoms with Crippen LogP contribution in [-0.2, 0) is 9.53 Å². The monoisotopic (exact) mass is 278 g/mol. The minimum absolute atomic E-state index is 0.0636. The number of esters is 1. The zero-order valence-electron chi connectivity index (χ0n) is 12.7. The summed E-state index contributed by atoms with van der Waals surface area (Å²) in [5.74, 6) is 6.16. The number of fused-ring (bicyclic) bond motifs is 1. The van der Waals surface area contributed by atoms with Crippen molar-refractivity contribution in [1.29, 1.82) is 0 Å². The van der Waals surface area contributed by atoms with Gasteiger partial charge in [-0.15, -0.1) is 5.92 Å². The molecular formula is C17H26O3. The number of carbonyl (C=O) groups excluding carboxylic acids is 1. The number of hydrogen-bond acceptors (Lipinski definition) is 3. The van der Waals surface area contributed by atoms with E-state index in [2.05, 4.69) is 18.8 Å². The molecule has 0 radical (unpaired) electrons. The maximum atomic E-state index is 12.3. The summed E-state index contributed by atoms with van der Waals surface area (Å²) < 4.78 is 5.24. The van der Waals surface area contributed by atoms with E-state index in [1.807, 2.05) is 6.92 Å². The van der Waals surface area contributed by atoms with Crippen molar-refractivity contribution in [1.82, 2.24) is 0 Å². The Hall–Kier alpha value is -1.01. The molecule has 3 heteroatoms. The van der Waals surface area contributed by atoms with E-state index in [1.165, 1.54) is 0 Å². The Morgan fingerprint density at radius 1 is 1.35 bits per heavy atom. The van der Waals surface area contributed by atoms with Gasteiger partial charge in [-0.2, -0.15) is 0 Å². The minimum atomic E-state index is -0.960. The van der Waals surface area contributed by atoms with Crippen LogP contribution in [0.15, 0.2) is 0 Å². The molecule has 2 saturated carbocycles. The highest BCUT2D eigenvalue weighted by Gasteiger charge is 2.66. The van der Waals surface area contributed by atoms with E-state index in [0.29, 0.717) is 13.0 Å². The first kappa shape index (κ1) is 15.4. The lowest BCUT2D eigenvalue weighted by molar-refractivity contribution is -0.168. The second-order valence-electron chi connectivity index (χ2n) is 6.10. The fourth-order valence-corrected chi connectivity index (χ4v) is 3.90. The number of hydrogen-bond donors (Lipinski definition) is 1. The Morgan fingerprint density at radius 2 is 2.15 bits per heavy atom. The number of unbranched alkanes of at least 4 members (excludes halogenated alkanes) is 2. The zero-order valence-corrected chi connectivity index (χ0v) is 12.7. The summed E-state index contributed by atoms with van der Waals surface area (Å²) in [6.45, 7) is 4.34. The highest BCUT2D eigenvalue weighted by atomic mass is 16.5. The number of rotatable bonds is 4. The van der Waals surface area contributed by atoms with E-state index < -0.39 is 11.0 Å². The molecule has 0 aromatic carbocycles. The van der Waals surface area contributed by atoms with Crippen LogP contribution in [0.4, 0.5) is 0 Å². The second-order valence-corrected chi connectivity index (χ2v) is 6.10. The quantitative estimate of drug-likeness (QED) is 0.488. The van der Waals surface area contributed by atoms with Gasteiger partial charge in [-0.3, -0.25) is 4.79 Å². The van der Waals surface area contributed by atoms with E-state index in [1.54, 1.807) is 0 Å². The molecule has 2 fully saturated rings. The molecule has 3 nitrogen and oxygen atoms in total. The maximum Gasteiger partial charge on any atom is 0.315 e. The van der Waals surface area contributed by atoms with Crippen LogP contribution in [0, 0.1) is 23.2 Å². The summed E-state index contributed by atoms with van der Waals surface area (Å²) in [5.41, 5.74) is -1.65. The van der Waals surface area contributed by atoms with Crippen molar-refractivity contribution in [2.24, 2.45) is 11.3 Å². The molecule has 0 bridgehead atoms. The molecule has 112 valence electrons. The zero-order chi connectivity index (χ0) is 14.6. The average molecular weight is 278 g/mol. The largest absolute Gasteiger partial charge is 0.465 e. The lowest BCUT2D eigenvalue weighted by Crippen LogP contribution is -2.49. The SMILES string of the molecule is CCCCC#C[C@H]1CC[C@@]2(C(=O)OCC)CCC[C@@]12O. The highest BCUT2D eigenvalue weighted by molar-refractivity contribution is 5.80. The summed E-state index contributed by atoms with van der Waals surface area (Å²) in [5, 5.41) is 11.1. The van der Waals surface area contributed by atoms with Crippen molar-refractivity contribution in [3.05, 3.63) is 0 Å². The van der Waals surface area contributed by atoms with Crippen LogP contribution in [0.1, 0.15) is 65.2 Å². The predicted molar refractivity (Wildman–Crippen MR) is 77.9 cm³/mol. The molecule has 1 N–H and O–H groups in total. The smallest absolute Gasteiger partial charge is 0.315 e. The van der Waals surface area contributed by atoms with E-state index in [9.17, 15) is 9.90 Å². The van der Waals surface area contributed by atoms with Crippen molar-refractivity contribution in [2.75, 3.05) is 6.61 Å². The van der Waals surface area contributed by atoms with Crippen LogP contribution >= 0.6 is 0 Å². The average Bonchev–Trinajstić information content (AvgIpc) is 2.89. The minimum Gasteiger partial charge on any atom is -0.465 e. The molecule has 2 aliphatic rings. The van der Waals surface area contributed by atoms with Crippen molar-refractivity contribution in [2.45, 2.75) is 70.8 Å². The standard InChI is InChI=1S/C17H26O3/c1-3-5-6-7-9-14-10-13-16(15(18)20-4-2)11-8-12-17(14,16)19/h14,19H,3-6,8,10-13H2,1-2H3/t14-,16+,17+/m0/s1. The molecule has 0 saturated heterocycles. The first-order valence-electron chi connectivity index (χ1n) is 7.98. The van der Waals surface area contributed by atoms with Gasteiger partial charge >= 0.3 is 5.97 Å². The fourth-order valence-electron chi connectivity index (χ4n) is 3.90. The Morgan fingerprint density at radius 3 is 2.85 bits per heavy atom. The molecule has 0 heterocycles. The lowest BCUT2D eigenvalue weighted by Gasteiger charge is -2.36. The molecule has 2 rings (SSSR count). The molecule has 3 atom stereocenters. The van der Waals surface area contributed by atoms with Crippen LogP contribution < -0.4 is 0 Å². The van der Waals surface area contributed by atoms with Crippen LogP contribution in [0.2, 0.25) is 0 Å². The van der Waals surface area contributed by atoms with Gasteiger partial charge in [0, 0.05) is 6.42 Å². The molecule has 0 aromatic rings. The molecule has 0 amide bonds. The maximum absolute atomic E-state index is 12.3. The van der Waals surface area contributed by atoms with Crippen LogP contribution in [0.25, 0.3) is 0 Å². The van der Waals surface area contributed by atoms with Crippen LogP contribution in [0.5, 0.6) is 0 Å². The number of ether oxygens (including phenoxy) is 1. The van der Waals surface area contributed by atoms with E-state index >= 15 is 0 Å². The molecule has 0 aliphatic heterocycles. The van der Waals surface area contributed by atoms with Crippen molar-refractivity contribution in [3.63, 3.8) is 0 Å². The van der Waals surface area contributed by atoms with Gasteiger partial charge in [0.2, 0.25) is 0 Å². The van der Waals surface area contributed by atoms with Crippen molar-refractivity contribution in [3.8, 4) is 11.8 Å². The Kier molecular flexibility index (Phi) is 4.75. The van der Waals surface area contributed by atoms with Gasteiger partial charge in [-0.25, -0.2) is 0 Å². The lowest BCUT2D eigenvalue weighted by atomic mass is 9.74. The molecule has 0 aromatic heterocycles. The van der Waals surface area contributed by atoms with Gasteiger partial charge < -0.3 is 9.84 Å². The third kappa shape index (κ3) is 2.35. The van der Waals surface area contributed by atoms with E-state index in [0.717, 1.165) is 44.9 Å². The summed E-state index contributed by atoms with van der Waals surface area (Å²) >= 11 is 0. The third-order valence-corrected chi connectivity index (χ3v) is 5.02. The first-order valence-corrected chi connectivity index (χ1v) is 7.98. The molecular weight excluding hydrogens is 252 g/mol. The van der Waals surface area contributed by atoms with Crippen LogP contribution in [0.3, 0.4) is 0 Å². The van der Waals surface area contributed by atoms with Gasteiger partial charge in [0.1, 0.15) is 0 Å². The van der Waals surface area contributed by atoms with E-state index in [-0.39, 0.29) is 11.9 Å². The molecule has 0 spiro atoms. The topological polar surface area (TPSA) is 46.5 Å². The van der Waals surface area contributed by atoms with Crippen LogP contribution in [-0.4, -0.2) is 23.3 Å².